The SMILES string of the molecule is O=C(O)Oc1ccc2c(n1)CCCC2N(CCc1ccc(C(=O)O)cc1)CCc1cc(F)ccc1OCc1ccc(-c2ccc(C(F)(F)F)cc2)cc1Cl. The Balaban J connectivity index is 1.19. The highest BCUT2D eigenvalue weighted by Crippen LogP contribution is 2.36. The van der Waals surface area contributed by atoms with Crippen LogP contribution in [0, 0.1) is 5.82 Å². The van der Waals surface area contributed by atoms with E-state index in [0.29, 0.717) is 65.4 Å². The average Bonchev–Trinajstić information content (AvgIpc) is 3.14. The molecule has 4 aromatic carbocycles. The largest absolute Gasteiger partial charge is 0.512 e. The maximum atomic E-state index is 14.7. The Kier molecular flexibility index (Phi) is 11.8. The molecule has 13 heteroatoms. The lowest BCUT2D eigenvalue weighted by atomic mass is 9.89. The summed E-state index contributed by atoms with van der Waals surface area (Å²) in [5.74, 6) is -0.974. The molecule has 8 nitrogen and oxygen atoms in total. The summed E-state index contributed by atoms with van der Waals surface area (Å²) in [5.41, 5.74) is 4.57. The lowest BCUT2D eigenvalue weighted by Crippen LogP contribution is -2.35. The van der Waals surface area contributed by atoms with Crippen LogP contribution in [0.5, 0.6) is 11.6 Å². The van der Waals surface area contributed by atoms with Gasteiger partial charge in [-0.05, 0) is 108 Å². The van der Waals surface area contributed by atoms with Gasteiger partial charge in [0.1, 0.15) is 18.2 Å². The predicted octanol–water partition coefficient (Wildman–Crippen LogP) is 10.1. The summed E-state index contributed by atoms with van der Waals surface area (Å²) in [4.78, 5) is 29.2. The molecule has 1 aromatic heterocycles. The third-order valence-corrected chi connectivity index (χ3v) is 9.78. The Morgan fingerprint density at radius 3 is 2.26 bits per heavy atom. The summed E-state index contributed by atoms with van der Waals surface area (Å²) in [5, 5.41) is 18.8. The number of benzene rings is 4. The Morgan fingerprint density at radius 1 is 0.852 bits per heavy atom. The first-order chi connectivity index (χ1) is 25.8. The maximum Gasteiger partial charge on any atom is 0.512 e. The molecule has 54 heavy (non-hydrogen) atoms. The number of nitrogens with zero attached hydrogens (tertiary/aromatic N) is 2. The first-order valence-electron chi connectivity index (χ1n) is 17.2. The minimum Gasteiger partial charge on any atom is -0.489 e. The molecular weight excluding hydrogens is 728 g/mol. The van der Waals surface area contributed by atoms with Gasteiger partial charge in [-0.15, -0.1) is 0 Å². The second-order valence-corrected chi connectivity index (χ2v) is 13.3. The van der Waals surface area contributed by atoms with E-state index >= 15 is 0 Å². The first kappa shape index (κ1) is 38.3. The van der Waals surface area contributed by atoms with E-state index in [4.69, 9.17) is 26.2 Å². The van der Waals surface area contributed by atoms with Gasteiger partial charge in [0.2, 0.25) is 5.88 Å². The number of carbonyl (C=O) groups is 2. The van der Waals surface area contributed by atoms with Crippen LogP contribution in [0.2, 0.25) is 5.02 Å². The van der Waals surface area contributed by atoms with Gasteiger partial charge in [-0.1, -0.05) is 54.1 Å². The molecule has 0 radical (unpaired) electrons. The number of alkyl halides is 3. The molecular formula is C41H35ClF4N2O6. The highest BCUT2D eigenvalue weighted by Gasteiger charge is 2.30. The number of fused-ring (bicyclic) bond motifs is 1. The maximum absolute atomic E-state index is 14.7. The average molecular weight is 763 g/mol. The minimum absolute atomic E-state index is 0.00264. The van der Waals surface area contributed by atoms with Crippen molar-refractivity contribution in [2.45, 2.75) is 50.9 Å². The summed E-state index contributed by atoms with van der Waals surface area (Å²) >= 11 is 6.59. The molecule has 0 saturated carbocycles. The number of aromatic nitrogens is 1. The van der Waals surface area contributed by atoms with Gasteiger partial charge in [-0.2, -0.15) is 13.2 Å². The minimum atomic E-state index is -4.43. The van der Waals surface area contributed by atoms with Gasteiger partial charge >= 0.3 is 18.3 Å². The van der Waals surface area contributed by atoms with Crippen LogP contribution in [0.4, 0.5) is 22.4 Å². The number of carboxylic acid groups (broad SMARTS) is 2. The fourth-order valence-corrected chi connectivity index (χ4v) is 6.88. The smallest absolute Gasteiger partial charge is 0.489 e. The Hall–Kier alpha value is -5.46. The van der Waals surface area contributed by atoms with Crippen molar-refractivity contribution in [1.29, 1.82) is 0 Å². The molecule has 0 aliphatic heterocycles. The van der Waals surface area contributed by atoms with Crippen LogP contribution >= 0.6 is 11.6 Å². The topological polar surface area (TPSA) is 109 Å². The van der Waals surface area contributed by atoms with Crippen LogP contribution < -0.4 is 9.47 Å². The van der Waals surface area contributed by atoms with Crippen LogP contribution in [0.1, 0.15) is 62.8 Å². The summed E-state index contributed by atoms with van der Waals surface area (Å²) in [6.45, 7) is 1.13. The van der Waals surface area contributed by atoms with Gasteiger partial charge in [0.05, 0.1) is 11.1 Å². The van der Waals surface area contributed by atoms with Crippen molar-refractivity contribution in [1.82, 2.24) is 9.88 Å². The number of aromatic carboxylic acids is 1. The number of halogens is 5. The number of pyridine rings is 1. The van der Waals surface area contributed by atoms with Crippen molar-refractivity contribution in [2.24, 2.45) is 0 Å². The van der Waals surface area contributed by atoms with Crippen LogP contribution in [0.15, 0.2) is 97.1 Å². The van der Waals surface area contributed by atoms with Crippen molar-refractivity contribution in [3.8, 4) is 22.8 Å². The summed E-state index contributed by atoms with van der Waals surface area (Å²) < 4.78 is 64.7. The molecule has 0 saturated heterocycles. The molecule has 2 N–H and O–H groups in total. The molecule has 5 aromatic rings. The van der Waals surface area contributed by atoms with E-state index in [1.807, 2.05) is 6.07 Å². The molecule has 0 amide bonds. The van der Waals surface area contributed by atoms with E-state index in [-0.39, 0.29) is 24.1 Å². The van der Waals surface area contributed by atoms with E-state index in [1.165, 1.54) is 30.3 Å². The van der Waals surface area contributed by atoms with Crippen LogP contribution in [-0.4, -0.2) is 45.3 Å². The van der Waals surface area contributed by atoms with Crippen molar-refractivity contribution in [2.75, 3.05) is 13.1 Å². The van der Waals surface area contributed by atoms with E-state index in [0.717, 1.165) is 41.8 Å². The van der Waals surface area contributed by atoms with E-state index in [9.17, 15) is 32.3 Å². The van der Waals surface area contributed by atoms with Crippen LogP contribution in [0.25, 0.3) is 11.1 Å². The van der Waals surface area contributed by atoms with Gasteiger partial charge in [0, 0.05) is 41.5 Å². The Bertz CT molecular complexity index is 2130. The molecule has 280 valence electrons. The molecule has 0 bridgehead atoms. The fourth-order valence-electron chi connectivity index (χ4n) is 6.65. The van der Waals surface area contributed by atoms with Crippen LogP contribution in [-0.2, 0) is 32.0 Å². The normalized spacial score (nSPS) is 14.1. The van der Waals surface area contributed by atoms with Gasteiger partial charge in [0.25, 0.3) is 0 Å². The summed E-state index contributed by atoms with van der Waals surface area (Å²) in [6, 6.07) is 24.3. The highest BCUT2D eigenvalue weighted by molar-refractivity contribution is 6.31. The fraction of sp³-hybridized carbons (Fsp3) is 0.244. The van der Waals surface area contributed by atoms with E-state index < -0.39 is 29.7 Å². The van der Waals surface area contributed by atoms with Crippen molar-refractivity contribution in [3.05, 3.63) is 147 Å². The van der Waals surface area contributed by atoms with Crippen molar-refractivity contribution >= 4 is 23.7 Å². The zero-order valence-electron chi connectivity index (χ0n) is 28.8. The number of ether oxygens (including phenoxy) is 2. The number of aryl methyl sites for hydroxylation is 1. The molecule has 6 rings (SSSR count). The van der Waals surface area contributed by atoms with Gasteiger partial charge < -0.3 is 19.7 Å². The quantitative estimate of drug-likeness (QED) is 0.0902. The zero-order valence-corrected chi connectivity index (χ0v) is 29.5. The predicted molar refractivity (Wildman–Crippen MR) is 194 cm³/mol. The lowest BCUT2D eigenvalue weighted by molar-refractivity contribution is -0.137. The third-order valence-electron chi connectivity index (χ3n) is 9.43. The first-order valence-corrected chi connectivity index (χ1v) is 17.6. The van der Waals surface area contributed by atoms with E-state index in [2.05, 4.69) is 9.88 Å². The molecule has 1 unspecified atom stereocenters. The molecule has 1 aliphatic carbocycles. The molecule has 1 aliphatic rings. The highest BCUT2D eigenvalue weighted by atomic mass is 35.5. The molecule has 1 atom stereocenters. The second kappa shape index (κ2) is 16.7. The molecule has 0 spiro atoms. The second-order valence-electron chi connectivity index (χ2n) is 12.9. The number of rotatable bonds is 13. The van der Waals surface area contributed by atoms with Gasteiger partial charge in [-0.3, -0.25) is 4.90 Å². The standard InChI is InChI=1S/C41H35ClF4N2O6/c42-34-23-28(26-10-12-31(13-11-26)41(44,45)46)8-9-30(34)24-53-37-16-14-32(43)22-29(37)19-21-48(20-18-25-4-6-27(7-5-25)39(49)50)36-3-1-2-35-33(36)15-17-38(47-35)54-40(51)52/h4-17,22-23,36H,1-3,18-21,24H2,(H,49,50)(H,51,52). The monoisotopic (exact) mass is 762 g/mol. The van der Waals surface area contributed by atoms with Gasteiger partial charge in [-0.25, -0.2) is 19.0 Å². The summed E-state index contributed by atoms with van der Waals surface area (Å²) in [7, 11) is 0. The Morgan fingerprint density at radius 2 is 1.57 bits per heavy atom. The molecule has 0 fully saturated rings. The van der Waals surface area contributed by atoms with E-state index in [1.54, 1.807) is 48.5 Å². The Labute approximate surface area is 313 Å². The zero-order chi connectivity index (χ0) is 38.4. The third kappa shape index (κ3) is 9.55. The number of hydrogen-bond acceptors (Lipinski definition) is 6. The summed E-state index contributed by atoms with van der Waals surface area (Å²) in [6.07, 6.45) is -2.61. The number of carboxylic acids is 1. The van der Waals surface area contributed by atoms with Crippen molar-refractivity contribution in [3.63, 3.8) is 0 Å². The lowest BCUT2D eigenvalue weighted by Gasteiger charge is -2.36. The van der Waals surface area contributed by atoms with Crippen LogP contribution in [0.3, 0.4) is 0 Å². The van der Waals surface area contributed by atoms with Gasteiger partial charge in [0.15, 0.2) is 0 Å². The number of hydrogen-bond donors (Lipinski definition) is 2. The van der Waals surface area contributed by atoms with Crippen molar-refractivity contribution < 1.29 is 46.8 Å². The molecule has 1 heterocycles.